The van der Waals surface area contributed by atoms with Gasteiger partial charge < -0.3 is 21.1 Å². The van der Waals surface area contributed by atoms with Crippen molar-refractivity contribution in [3.05, 3.63) is 75.5 Å². The molecule has 0 atom stereocenters. The fraction of sp³-hybridized carbons (Fsp3) is 0.190. The zero-order valence-corrected chi connectivity index (χ0v) is 16.8. The Morgan fingerprint density at radius 2 is 1.68 bits per heavy atom. The predicted octanol–water partition coefficient (Wildman–Crippen LogP) is 4.15. The highest BCUT2D eigenvalue weighted by molar-refractivity contribution is 9.10. The number of likely N-dealkylation sites (tertiary alicyclic amines) is 1. The van der Waals surface area contributed by atoms with Gasteiger partial charge in [0.1, 0.15) is 11.5 Å². The molecule has 5 N–H and O–H groups in total. The molecule has 1 amide bonds. The first kappa shape index (κ1) is 19.8. The molecule has 3 rings (SSSR count). The summed E-state index contributed by atoms with van der Waals surface area (Å²) >= 11 is 3.30. The molecule has 2 aromatic carbocycles. The van der Waals surface area contributed by atoms with E-state index in [9.17, 15) is 9.90 Å². The summed E-state index contributed by atoms with van der Waals surface area (Å²) in [5, 5.41) is 26.6. The van der Waals surface area contributed by atoms with Gasteiger partial charge >= 0.3 is 0 Å². The van der Waals surface area contributed by atoms with Crippen molar-refractivity contribution in [1.29, 1.82) is 10.8 Å². The van der Waals surface area contributed by atoms with Gasteiger partial charge in [-0.25, -0.2) is 0 Å². The Hall–Kier alpha value is -2.93. The number of anilines is 1. The molecule has 2 aromatic rings. The van der Waals surface area contributed by atoms with E-state index in [1.165, 1.54) is 6.08 Å². The molecule has 0 aromatic heterocycles. The highest BCUT2D eigenvalue weighted by Crippen LogP contribution is 2.21. The number of nitrogens with zero attached hydrogens (tertiary/aromatic N) is 1. The van der Waals surface area contributed by atoms with Crippen LogP contribution in [0.15, 0.2) is 58.8 Å². The third-order valence-corrected chi connectivity index (χ3v) is 5.15. The SMILES string of the molecule is N=C(/C=C(\O)C(=N)c1ccc(Br)cc1N)c1ccc(C(=O)N2CCCC2)cc1. The summed E-state index contributed by atoms with van der Waals surface area (Å²) in [5.74, 6) is -0.349. The lowest BCUT2D eigenvalue weighted by atomic mass is 10.0. The number of rotatable bonds is 5. The van der Waals surface area contributed by atoms with E-state index in [1.54, 1.807) is 42.5 Å². The van der Waals surface area contributed by atoms with Gasteiger partial charge in [-0.3, -0.25) is 10.2 Å². The number of amides is 1. The molecule has 28 heavy (non-hydrogen) atoms. The molecule has 1 heterocycles. The fourth-order valence-corrected chi connectivity index (χ4v) is 3.47. The van der Waals surface area contributed by atoms with Crippen LogP contribution in [-0.4, -0.2) is 40.4 Å². The van der Waals surface area contributed by atoms with Gasteiger partial charge in [-0.05, 0) is 48.7 Å². The lowest BCUT2D eigenvalue weighted by Gasteiger charge is -2.15. The van der Waals surface area contributed by atoms with Crippen LogP contribution < -0.4 is 5.73 Å². The molecule has 1 aliphatic rings. The van der Waals surface area contributed by atoms with E-state index < -0.39 is 0 Å². The van der Waals surface area contributed by atoms with Crippen molar-refractivity contribution >= 4 is 38.9 Å². The Morgan fingerprint density at radius 3 is 2.29 bits per heavy atom. The van der Waals surface area contributed by atoms with Gasteiger partial charge in [-0.15, -0.1) is 0 Å². The summed E-state index contributed by atoms with van der Waals surface area (Å²) in [5.41, 5.74) is 7.65. The second-order valence-corrected chi connectivity index (χ2v) is 7.54. The number of nitrogens with one attached hydrogen (secondary N) is 2. The van der Waals surface area contributed by atoms with Crippen LogP contribution in [0.5, 0.6) is 0 Å². The van der Waals surface area contributed by atoms with Crippen LogP contribution in [-0.2, 0) is 0 Å². The maximum absolute atomic E-state index is 12.4. The van der Waals surface area contributed by atoms with Crippen molar-refractivity contribution in [3.8, 4) is 0 Å². The van der Waals surface area contributed by atoms with Crippen LogP contribution in [0.4, 0.5) is 5.69 Å². The average molecular weight is 441 g/mol. The minimum absolute atomic E-state index is 0.00135. The van der Waals surface area contributed by atoms with Gasteiger partial charge in [-0.2, -0.15) is 0 Å². The van der Waals surface area contributed by atoms with Crippen molar-refractivity contribution in [3.63, 3.8) is 0 Å². The first-order valence-electron chi connectivity index (χ1n) is 8.90. The standard InChI is InChI=1S/C21H21BrN4O2/c22-15-7-8-16(18(24)11-15)20(25)19(27)12-17(23)13-3-5-14(6-4-13)21(28)26-9-1-2-10-26/h3-8,11-12,23,25,27H,1-2,9-10,24H2/b19-12-,23-17?,25-20?. The summed E-state index contributed by atoms with van der Waals surface area (Å²) < 4.78 is 0.779. The number of hydrogen-bond donors (Lipinski definition) is 4. The molecule has 0 radical (unpaired) electrons. The Morgan fingerprint density at radius 1 is 1.07 bits per heavy atom. The maximum atomic E-state index is 12.4. The number of hydrogen-bond acceptors (Lipinski definition) is 5. The van der Waals surface area contributed by atoms with Crippen molar-refractivity contribution in [2.45, 2.75) is 12.8 Å². The van der Waals surface area contributed by atoms with E-state index in [0.717, 1.165) is 30.4 Å². The molecule has 1 fully saturated rings. The largest absolute Gasteiger partial charge is 0.506 e. The monoisotopic (exact) mass is 440 g/mol. The van der Waals surface area contributed by atoms with Gasteiger partial charge in [0.05, 0.1) is 5.71 Å². The first-order chi connectivity index (χ1) is 13.4. The lowest BCUT2D eigenvalue weighted by Crippen LogP contribution is -2.27. The Balaban J connectivity index is 1.74. The van der Waals surface area contributed by atoms with E-state index in [4.69, 9.17) is 16.6 Å². The second kappa shape index (κ2) is 8.39. The van der Waals surface area contributed by atoms with Gasteiger partial charge in [0.15, 0.2) is 0 Å². The molecular weight excluding hydrogens is 420 g/mol. The predicted molar refractivity (Wildman–Crippen MR) is 115 cm³/mol. The number of aliphatic hydroxyl groups excluding tert-OH is 1. The molecule has 0 aliphatic carbocycles. The number of nitrogen functional groups attached to an aromatic ring is 1. The summed E-state index contributed by atoms with van der Waals surface area (Å²) in [6.07, 6.45) is 3.28. The number of carbonyl (C=O) groups excluding carboxylic acids is 1. The maximum Gasteiger partial charge on any atom is 0.253 e. The van der Waals surface area contributed by atoms with Crippen molar-refractivity contribution in [2.75, 3.05) is 18.8 Å². The van der Waals surface area contributed by atoms with Gasteiger partial charge in [0, 0.05) is 40.5 Å². The summed E-state index contributed by atoms with van der Waals surface area (Å²) in [4.78, 5) is 14.2. The second-order valence-electron chi connectivity index (χ2n) is 6.63. The Labute approximate surface area is 171 Å². The van der Waals surface area contributed by atoms with Crippen LogP contribution in [0, 0.1) is 10.8 Å². The third-order valence-electron chi connectivity index (χ3n) is 4.66. The number of benzene rings is 2. The molecule has 1 saturated heterocycles. The molecule has 1 aliphatic heterocycles. The van der Waals surface area contributed by atoms with Crippen LogP contribution >= 0.6 is 15.9 Å². The Kier molecular flexibility index (Phi) is 5.94. The zero-order valence-electron chi connectivity index (χ0n) is 15.2. The summed E-state index contributed by atoms with van der Waals surface area (Å²) in [7, 11) is 0. The summed E-state index contributed by atoms with van der Waals surface area (Å²) in [6, 6.07) is 11.7. The van der Waals surface area contributed by atoms with Gasteiger partial charge in [0.2, 0.25) is 0 Å². The molecule has 6 nitrogen and oxygen atoms in total. The first-order valence-corrected chi connectivity index (χ1v) is 9.69. The van der Waals surface area contributed by atoms with Gasteiger partial charge in [0.25, 0.3) is 5.91 Å². The fourth-order valence-electron chi connectivity index (χ4n) is 3.09. The lowest BCUT2D eigenvalue weighted by molar-refractivity contribution is 0.0793. The topological polar surface area (TPSA) is 114 Å². The normalized spacial score (nSPS) is 14.2. The van der Waals surface area contributed by atoms with Crippen LogP contribution in [0.25, 0.3) is 0 Å². The van der Waals surface area contributed by atoms with Crippen molar-refractivity contribution in [2.24, 2.45) is 0 Å². The molecule has 0 unspecified atom stereocenters. The molecule has 7 heteroatoms. The molecular formula is C21H21BrN4O2. The van der Waals surface area contributed by atoms with E-state index in [2.05, 4.69) is 15.9 Å². The minimum Gasteiger partial charge on any atom is -0.506 e. The van der Waals surface area contributed by atoms with Gasteiger partial charge in [-0.1, -0.05) is 28.1 Å². The van der Waals surface area contributed by atoms with E-state index in [1.807, 2.05) is 4.90 Å². The summed E-state index contributed by atoms with van der Waals surface area (Å²) in [6.45, 7) is 1.57. The van der Waals surface area contributed by atoms with Crippen molar-refractivity contribution in [1.82, 2.24) is 4.90 Å². The number of allylic oxidation sites excluding steroid dienone is 2. The zero-order chi connectivity index (χ0) is 20.3. The number of nitrogens with two attached hydrogens (primary N) is 1. The van der Waals surface area contributed by atoms with Crippen LogP contribution in [0.2, 0.25) is 0 Å². The highest BCUT2D eigenvalue weighted by Gasteiger charge is 2.19. The van der Waals surface area contributed by atoms with Crippen molar-refractivity contribution < 1.29 is 9.90 Å². The molecule has 0 spiro atoms. The molecule has 144 valence electrons. The number of halogens is 1. The van der Waals surface area contributed by atoms with E-state index in [-0.39, 0.29) is 23.1 Å². The smallest absolute Gasteiger partial charge is 0.253 e. The molecule has 0 bridgehead atoms. The number of aliphatic hydroxyl groups is 1. The third kappa shape index (κ3) is 4.31. The molecule has 0 saturated carbocycles. The van der Waals surface area contributed by atoms with E-state index >= 15 is 0 Å². The van der Waals surface area contributed by atoms with E-state index in [0.29, 0.717) is 22.4 Å². The average Bonchev–Trinajstić information content (AvgIpc) is 3.21. The minimum atomic E-state index is -0.351. The van der Waals surface area contributed by atoms with Crippen LogP contribution in [0.3, 0.4) is 0 Å². The quantitative estimate of drug-likeness (QED) is 0.318. The Bertz CT molecular complexity index is 961. The number of carbonyl (C=O) groups is 1. The van der Waals surface area contributed by atoms with Crippen LogP contribution in [0.1, 0.15) is 34.3 Å². The highest BCUT2D eigenvalue weighted by atomic mass is 79.9.